The van der Waals surface area contributed by atoms with Gasteiger partial charge in [0.25, 0.3) is 0 Å². The molecule has 4 nitrogen and oxygen atoms in total. The van der Waals surface area contributed by atoms with E-state index in [0.29, 0.717) is 17.9 Å². The second kappa shape index (κ2) is 7.78. The van der Waals surface area contributed by atoms with E-state index in [1.807, 2.05) is 60.2 Å². The summed E-state index contributed by atoms with van der Waals surface area (Å²) in [6.45, 7) is 0.300. The maximum atomic E-state index is 12.3. The van der Waals surface area contributed by atoms with Crippen molar-refractivity contribution in [2.75, 3.05) is 26.1 Å². The first kappa shape index (κ1) is 17.2. The van der Waals surface area contributed by atoms with Gasteiger partial charge in [-0.05, 0) is 12.1 Å². The molecule has 0 radical (unpaired) electrons. The fourth-order valence-corrected chi connectivity index (χ4v) is 1.98. The molecule has 0 aliphatic carbocycles. The van der Waals surface area contributed by atoms with Crippen LogP contribution < -0.4 is 31.2 Å². The number of methoxy groups -OCH3 is 1. The van der Waals surface area contributed by atoms with Crippen molar-refractivity contribution in [3.05, 3.63) is 54.4 Å². The van der Waals surface area contributed by atoms with Gasteiger partial charge in [-0.1, -0.05) is 12.1 Å². The second-order valence-electron chi connectivity index (χ2n) is 4.75. The van der Waals surface area contributed by atoms with Crippen molar-refractivity contribution in [3.63, 3.8) is 0 Å². The van der Waals surface area contributed by atoms with Crippen LogP contribution in [0.15, 0.2) is 48.8 Å². The summed E-state index contributed by atoms with van der Waals surface area (Å²) in [5.74, 6) is 0.646. The lowest BCUT2D eigenvalue weighted by Crippen LogP contribution is -3.00. The number of ketones is 1. The van der Waals surface area contributed by atoms with Crippen LogP contribution >= 0.6 is 0 Å². The average molecular weight is 351 g/mol. The molecule has 0 atom stereocenters. The number of aromatic nitrogens is 1. The number of nitrogens with zero attached hydrogens (tertiary/aromatic N) is 2. The van der Waals surface area contributed by atoms with Gasteiger partial charge in [0.2, 0.25) is 12.3 Å². The summed E-state index contributed by atoms with van der Waals surface area (Å²) in [4.78, 5) is 14.3. The van der Waals surface area contributed by atoms with E-state index < -0.39 is 0 Å². The molecule has 1 aromatic carbocycles. The van der Waals surface area contributed by atoms with Crippen molar-refractivity contribution in [2.24, 2.45) is 0 Å². The van der Waals surface area contributed by atoms with Gasteiger partial charge in [-0.3, -0.25) is 4.79 Å². The number of halogens is 1. The minimum atomic E-state index is 0. The van der Waals surface area contributed by atoms with E-state index in [4.69, 9.17) is 4.74 Å². The lowest BCUT2D eigenvalue weighted by molar-refractivity contribution is -0.683. The topological polar surface area (TPSA) is 33.4 Å². The Bertz CT molecular complexity index is 597. The molecule has 0 unspecified atom stereocenters. The summed E-state index contributed by atoms with van der Waals surface area (Å²) in [6.07, 6.45) is 3.81. The Morgan fingerprint density at radius 2 is 1.76 bits per heavy atom. The maximum absolute atomic E-state index is 12.3. The Kier molecular flexibility index (Phi) is 6.37. The van der Waals surface area contributed by atoms with E-state index in [-0.39, 0.29) is 22.8 Å². The first-order chi connectivity index (χ1) is 9.61. The van der Waals surface area contributed by atoms with Crippen LogP contribution in [0.2, 0.25) is 0 Å². The number of pyridine rings is 1. The largest absolute Gasteiger partial charge is 1.00 e. The van der Waals surface area contributed by atoms with Gasteiger partial charge in [-0.25, -0.2) is 0 Å². The minimum absolute atomic E-state index is 0. The number of rotatable bonds is 5. The van der Waals surface area contributed by atoms with Crippen LogP contribution in [0.4, 0.5) is 5.69 Å². The minimum Gasteiger partial charge on any atom is -1.00 e. The number of carbonyl (C=O) groups excluding carboxylic acids is 1. The van der Waals surface area contributed by atoms with Gasteiger partial charge in [0.15, 0.2) is 12.4 Å². The molecule has 0 saturated heterocycles. The smallest absolute Gasteiger partial charge is 0.231 e. The molecule has 0 aliphatic heterocycles. The Labute approximate surface area is 135 Å². The molecule has 5 heteroatoms. The number of para-hydroxylation sites is 1. The van der Waals surface area contributed by atoms with Gasteiger partial charge in [0.05, 0.1) is 12.7 Å². The summed E-state index contributed by atoms with van der Waals surface area (Å²) >= 11 is 0. The molecule has 2 aromatic rings. The Morgan fingerprint density at radius 1 is 1.14 bits per heavy atom. The predicted octanol–water partition coefficient (Wildman–Crippen LogP) is -1.06. The van der Waals surface area contributed by atoms with Gasteiger partial charge in [-0.2, -0.15) is 4.57 Å². The molecule has 21 heavy (non-hydrogen) atoms. The highest BCUT2D eigenvalue weighted by atomic mass is 79.9. The molecular formula is C16H19BrN2O2. The molecule has 1 aromatic heterocycles. The lowest BCUT2D eigenvalue weighted by Gasteiger charge is -2.10. The first-order valence-electron chi connectivity index (χ1n) is 6.44. The Balaban J connectivity index is 0.00000220. The van der Waals surface area contributed by atoms with Crippen LogP contribution in [0.5, 0.6) is 5.75 Å². The van der Waals surface area contributed by atoms with Crippen LogP contribution in [0, 0.1) is 0 Å². The quantitative estimate of drug-likeness (QED) is 0.509. The van der Waals surface area contributed by atoms with Crippen molar-refractivity contribution < 1.29 is 31.1 Å². The Morgan fingerprint density at radius 3 is 2.33 bits per heavy atom. The summed E-state index contributed by atoms with van der Waals surface area (Å²) in [5.41, 5.74) is 1.71. The van der Waals surface area contributed by atoms with E-state index >= 15 is 0 Å². The number of ether oxygens (including phenoxy) is 1. The zero-order valence-electron chi connectivity index (χ0n) is 12.4. The third-order valence-corrected chi connectivity index (χ3v) is 3.12. The third kappa shape index (κ3) is 4.29. The molecule has 2 rings (SSSR count). The summed E-state index contributed by atoms with van der Waals surface area (Å²) in [5, 5.41) is 0. The van der Waals surface area contributed by atoms with E-state index in [9.17, 15) is 4.79 Å². The third-order valence-electron chi connectivity index (χ3n) is 3.12. The maximum Gasteiger partial charge on any atom is 0.231 e. The summed E-state index contributed by atoms with van der Waals surface area (Å²) < 4.78 is 7.08. The average Bonchev–Trinajstić information content (AvgIpc) is 2.47. The predicted molar refractivity (Wildman–Crippen MR) is 78.3 cm³/mol. The SMILES string of the molecule is COc1ccccc1C(=O)C[n+]1ccc(N(C)C)cc1.[Br-]. The zero-order valence-corrected chi connectivity index (χ0v) is 14.0. The number of carbonyl (C=O) groups is 1. The van der Waals surface area contributed by atoms with Crippen molar-refractivity contribution in [2.45, 2.75) is 6.54 Å². The molecule has 0 N–H and O–H groups in total. The van der Waals surface area contributed by atoms with E-state index in [1.165, 1.54) is 0 Å². The fourth-order valence-electron chi connectivity index (χ4n) is 1.98. The molecule has 0 spiro atoms. The van der Waals surface area contributed by atoms with Crippen LogP contribution in [0.1, 0.15) is 10.4 Å². The van der Waals surface area contributed by atoms with Crippen LogP contribution in [0.25, 0.3) is 0 Å². The second-order valence-corrected chi connectivity index (χ2v) is 4.75. The van der Waals surface area contributed by atoms with E-state index in [2.05, 4.69) is 0 Å². The molecular weight excluding hydrogens is 332 g/mol. The Hall–Kier alpha value is -1.88. The van der Waals surface area contributed by atoms with Crippen molar-refractivity contribution in [1.82, 2.24) is 0 Å². The summed E-state index contributed by atoms with van der Waals surface area (Å²) in [6, 6.07) is 11.2. The van der Waals surface area contributed by atoms with Crippen molar-refractivity contribution >= 4 is 11.5 Å². The molecule has 0 aliphatic rings. The zero-order chi connectivity index (χ0) is 14.5. The molecule has 0 amide bonds. The number of hydrogen-bond donors (Lipinski definition) is 0. The van der Waals surface area contributed by atoms with Gasteiger partial charge in [0, 0.05) is 31.9 Å². The molecule has 112 valence electrons. The normalized spacial score (nSPS) is 9.67. The summed E-state index contributed by atoms with van der Waals surface area (Å²) in [7, 11) is 5.55. The highest BCUT2D eigenvalue weighted by molar-refractivity contribution is 5.97. The van der Waals surface area contributed by atoms with Crippen LogP contribution in [-0.2, 0) is 6.54 Å². The lowest BCUT2D eigenvalue weighted by atomic mass is 10.1. The molecule has 0 fully saturated rings. The van der Waals surface area contributed by atoms with Gasteiger partial charge in [0.1, 0.15) is 5.75 Å². The van der Waals surface area contributed by atoms with E-state index in [1.54, 1.807) is 19.2 Å². The number of hydrogen-bond acceptors (Lipinski definition) is 3. The van der Waals surface area contributed by atoms with Gasteiger partial charge in [-0.15, -0.1) is 0 Å². The number of benzene rings is 1. The standard InChI is InChI=1S/C16H19N2O2.BrH/c1-17(2)13-8-10-18(11-9-13)12-15(19)14-6-4-5-7-16(14)20-3;/h4-11H,12H2,1-3H3;1H/q+1;/p-1. The first-order valence-corrected chi connectivity index (χ1v) is 6.44. The van der Waals surface area contributed by atoms with Crippen molar-refractivity contribution in [3.8, 4) is 5.75 Å². The molecule has 1 heterocycles. The van der Waals surface area contributed by atoms with Crippen LogP contribution in [0.3, 0.4) is 0 Å². The van der Waals surface area contributed by atoms with Gasteiger partial charge >= 0.3 is 0 Å². The van der Waals surface area contributed by atoms with E-state index in [0.717, 1.165) is 5.69 Å². The van der Waals surface area contributed by atoms with Crippen molar-refractivity contribution in [1.29, 1.82) is 0 Å². The molecule has 0 bridgehead atoms. The van der Waals surface area contributed by atoms with Crippen LogP contribution in [-0.4, -0.2) is 27.0 Å². The number of Topliss-reactive ketones (excluding diaryl/α,β-unsaturated/α-hetero) is 1. The van der Waals surface area contributed by atoms with Gasteiger partial charge < -0.3 is 26.6 Å². The number of anilines is 1. The highest BCUT2D eigenvalue weighted by Gasteiger charge is 2.16. The highest BCUT2D eigenvalue weighted by Crippen LogP contribution is 2.17. The monoisotopic (exact) mass is 350 g/mol. The molecule has 0 saturated carbocycles. The fraction of sp³-hybridized carbons (Fsp3) is 0.250.